The van der Waals surface area contributed by atoms with Gasteiger partial charge in [-0.1, -0.05) is 27.7 Å². The molecule has 0 aliphatic heterocycles. The molecule has 3 heteroatoms. The Morgan fingerprint density at radius 3 is 1.93 bits per heavy atom. The summed E-state index contributed by atoms with van der Waals surface area (Å²) in [6.45, 7) is 9.31. The molecule has 0 N–H and O–H groups in total. The van der Waals surface area contributed by atoms with Crippen molar-refractivity contribution in [3.63, 3.8) is 0 Å². The standard InChI is InChI=1S/C11H24O2Si/c1-5-11(9-12)10-13-14(6-2,7-3)8-4/h9,11H,5-8,10H2,1-4H3/t11-/m0/s1. The Balaban J connectivity index is 4.10. The third kappa shape index (κ3) is 3.92. The van der Waals surface area contributed by atoms with Gasteiger partial charge in [0.1, 0.15) is 6.29 Å². The van der Waals surface area contributed by atoms with E-state index in [2.05, 4.69) is 20.8 Å². The van der Waals surface area contributed by atoms with Crippen LogP contribution in [0.15, 0.2) is 0 Å². The van der Waals surface area contributed by atoms with Crippen LogP contribution in [0.4, 0.5) is 0 Å². The average molecular weight is 216 g/mol. The van der Waals surface area contributed by atoms with Crippen molar-refractivity contribution in [3.8, 4) is 0 Å². The first-order valence-electron chi connectivity index (χ1n) is 5.77. The lowest BCUT2D eigenvalue weighted by molar-refractivity contribution is -0.112. The van der Waals surface area contributed by atoms with Crippen LogP contribution in [0.1, 0.15) is 34.1 Å². The van der Waals surface area contributed by atoms with E-state index in [0.29, 0.717) is 6.61 Å². The summed E-state index contributed by atoms with van der Waals surface area (Å²) in [5.74, 6) is 0.103. The van der Waals surface area contributed by atoms with E-state index < -0.39 is 8.32 Å². The Morgan fingerprint density at radius 1 is 1.14 bits per heavy atom. The predicted molar refractivity (Wildman–Crippen MR) is 63.0 cm³/mol. The van der Waals surface area contributed by atoms with Gasteiger partial charge in [0.05, 0.1) is 0 Å². The van der Waals surface area contributed by atoms with Crippen molar-refractivity contribution >= 4 is 14.6 Å². The van der Waals surface area contributed by atoms with Crippen LogP contribution >= 0.6 is 0 Å². The van der Waals surface area contributed by atoms with Gasteiger partial charge in [0.25, 0.3) is 0 Å². The molecule has 0 aliphatic rings. The number of aldehydes is 1. The van der Waals surface area contributed by atoms with Crippen molar-refractivity contribution in [2.75, 3.05) is 6.61 Å². The van der Waals surface area contributed by atoms with Crippen LogP contribution in [0.3, 0.4) is 0 Å². The lowest BCUT2D eigenvalue weighted by atomic mass is 10.1. The summed E-state index contributed by atoms with van der Waals surface area (Å²) in [5, 5.41) is 0. The number of rotatable bonds is 8. The van der Waals surface area contributed by atoms with Crippen molar-refractivity contribution < 1.29 is 9.22 Å². The van der Waals surface area contributed by atoms with E-state index in [4.69, 9.17) is 4.43 Å². The maximum Gasteiger partial charge on any atom is 0.192 e. The summed E-state index contributed by atoms with van der Waals surface area (Å²) in [6.07, 6.45) is 1.92. The van der Waals surface area contributed by atoms with Crippen LogP contribution < -0.4 is 0 Å². The second kappa shape index (κ2) is 7.18. The molecule has 0 aliphatic carbocycles. The number of carbonyl (C=O) groups excluding carboxylic acids is 1. The molecule has 0 aromatic heterocycles. The second-order valence-electron chi connectivity index (χ2n) is 3.86. The molecule has 0 rings (SSSR count). The minimum absolute atomic E-state index is 0.103. The molecular weight excluding hydrogens is 192 g/mol. The van der Waals surface area contributed by atoms with E-state index in [1.54, 1.807) is 0 Å². The normalized spacial score (nSPS) is 14.0. The van der Waals surface area contributed by atoms with Crippen LogP contribution in [0.5, 0.6) is 0 Å². The zero-order valence-corrected chi connectivity index (χ0v) is 11.0. The van der Waals surface area contributed by atoms with E-state index in [-0.39, 0.29) is 5.92 Å². The van der Waals surface area contributed by atoms with E-state index in [1.807, 2.05) is 6.92 Å². The highest BCUT2D eigenvalue weighted by atomic mass is 28.4. The van der Waals surface area contributed by atoms with Gasteiger partial charge >= 0.3 is 0 Å². The largest absolute Gasteiger partial charge is 0.416 e. The topological polar surface area (TPSA) is 26.3 Å². The number of hydrogen-bond acceptors (Lipinski definition) is 2. The molecule has 0 aromatic rings. The Bertz CT molecular complexity index is 147. The summed E-state index contributed by atoms with van der Waals surface area (Å²) in [5.41, 5.74) is 0. The molecule has 0 aromatic carbocycles. The number of hydrogen-bond donors (Lipinski definition) is 0. The van der Waals surface area contributed by atoms with E-state index in [9.17, 15) is 4.79 Å². The fraction of sp³-hybridized carbons (Fsp3) is 0.909. The summed E-state index contributed by atoms with van der Waals surface area (Å²) < 4.78 is 6.03. The highest BCUT2D eigenvalue weighted by Gasteiger charge is 2.29. The lowest BCUT2D eigenvalue weighted by Crippen LogP contribution is -2.37. The third-order valence-corrected chi connectivity index (χ3v) is 7.90. The molecular formula is C11H24O2Si. The highest BCUT2D eigenvalue weighted by molar-refractivity contribution is 6.73. The van der Waals surface area contributed by atoms with Crippen molar-refractivity contribution in [2.24, 2.45) is 5.92 Å². The van der Waals surface area contributed by atoms with Crippen LogP contribution in [-0.4, -0.2) is 21.2 Å². The van der Waals surface area contributed by atoms with Gasteiger partial charge < -0.3 is 9.22 Å². The molecule has 14 heavy (non-hydrogen) atoms. The molecule has 0 amide bonds. The second-order valence-corrected chi connectivity index (χ2v) is 8.64. The average Bonchev–Trinajstić information content (AvgIpc) is 2.26. The van der Waals surface area contributed by atoms with Crippen molar-refractivity contribution in [2.45, 2.75) is 52.2 Å². The molecule has 0 saturated carbocycles. The molecule has 0 bridgehead atoms. The SMILES string of the molecule is CC[C@@H](C=O)CO[Si](CC)(CC)CC. The third-order valence-electron chi connectivity index (χ3n) is 3.25. The molecule has 0 heterocycles. The van der Waals surface area contributed by atoms with Gasteiger partial charge in [0, 0.05) is 12.5 Å². The predicted octanol–water partition coefficient (Wildman–Crippen LogP) is 3.23. The van der Waals surface area contributed by atoms with Crippen LogP contribution in [0, 0.1) is 5.92 Å². The zero-order chi connectivity index (χ0) is 11.0. The fourth-order valence-corrected chi connectivity index (χ4v) is 4.27. The van der Waals surface area contributed by atoms with E-state index in [0.717, 1.165) is 30.8 Å². The maximum atomic E-state index is 10.7. The van der Waals surface area contributed by atoms with Crippen LogP contribution in [0.2, 0.25) is 18.1 Å². The smallest absolute Gasteiger partial charge is 0.192 e. The van der Waals surface area contributed by atoms with E-state index in [1.165, 1.54) is 0 Å². The first kappa shape index (κ1) is 13.8. The van der Waals surface area contributed by atoms with Gasteiger partial charge in [-0.3, -0.25) is 0 Å². The Hall–Kier alpha value is -0.153. The van der Waals surface area contributed by atoms with Gasteiger partial charge in [-0.15, -0.1) is 0 Å². The number of carbonyl (C=O) groups is 1. The van der Waals surface area contributed by atoms with Gasteiger partial charge in [-0.05, 0) is 24.6 Å². The Kier molecular flexibility index (Phi) is 7.10. The molecule has 0 unspecified atom stereocenters. The molecule has 0 spiro atoms. The van der Waals surface area contributed by atoms with Gasteiger partial charge in [-0.2, -0.15) is 0 Å². The first-order valence-corrected chi connectivity index (χ1v) is 8.30. The monoisotopic (exact) mass is 216 g/mol. The minimum atomic E-state index is -1.47. The van der Waals surface area contributed by atoms with Crippen LogP contribution in [0.25, 0.3) is 0 Å². The molecule has 0 radical (unpaired) electrons. The molecule has 0 saturated heterocycles. The van der Waals surface area contributed by atoms with Crippen molar-refractivity contribution in [1.29, 1.82) is 0 Å². The van der Waals surface area contributed by atoms with E-state index >= 15 is 0 Å². The summed E-state index contributed by atoms with van der Waals surface area (Å²) in [7, 11) is -1.47. The first-order chi connectivity index (χ1) is 6.67. The summed E-state index contributed by atoms with van der Waals surface area (Å²) >= 11 is 0. The molecule has 0 fully saturated rings. The molecule has 84 valence electrons. The highest BCUT2D eigenvalue weighted by Crippen LogP contribution is 2.22. The fourth-order valence-electron chi connectivity index (χ4n) is 1.59. The Labute approximate surface area is 89.2 Å². The zero-order valence-electron chi connectivity index (χ0n) is 10.0. The van der Waals surface area contributed by atoms with Crippen molar-refractivity contribution in [3.05, 3.63) is 0 Å². The van der Waals surface area contributed by atoms with Crippen LogP contribution in [-0.2, 0) is 9.22 Å². The lowest BCUT2D eigenvalue weighted by Gasteiger charge is -2.29. The quantitative estimate of drug-likeness (QED) is 0.460. The molecule has 2 nitrogen and oxygen atoms in total. The molecule has 1 atom stereocenters. The minimum Gasteiger partial charge on any atom is -0.416 e. The van der Waals surface area contributed by atoms with Crippen molar-refractivity contribution in [1.82, 2.24) is 0 Å². The van der Waals surface area contributed by atoms with Gasteiger partial charge in [0.2, 0.25) is 0 Å². The van der Waals surface area contributed by atoms with Gasteiger partial charge in [0.15, 0.2) is 8.32 Å². The Morgan fingerprint density at radius 2 is 1.64 bits per heavy atom. The van der Waals surface area contributed by atoms with Gasteiger partial charge in [-0.25, -0.2) is 0 Å². The summed E-state index contributed by atoms with van der Waals surface area (Å²) in [6, 6.07) is 3.49. The maximum absolute atomic E-state index is 10.7. The summed E-state index contributed by atoms with van der Waals surface area (Å²) in [4.78, 5) is 10.7.